The number of alkyl halides is 3. The summed E-state index contributed by atoms with van der Waals surface area (Å²) in [4.78, 5) is 11.8. The SMILES string of the molecule is COC(=O)C1=C(c2ccc(F)c(F)c2OC)CC(C)(C(F)(F)F)O1. The minimum atomic E-state index is -4.81. The lowest BCUT2D eigenvalue weighted by molar-refractivity contribution is -0.251. The third kappa shape index (κ3) is 2.78. The Labute approximate surface area is 133 Å². The molecule has 0 N–H and O–H groups in total. The maximum atomic E-state index is 13.9. The zero-order valence-corrected chi connectivity index (χ0v) is 12.9. The molecular formula is C15H13F5O4. The maximum absolute atomic E-state index is 13.9. The lowest BCUT2D eigenvalue weighted by Crippen LogP contribution is -2.42. The Bertz CT molecular complexity index is 711. The molecule has 0 fully saturated rings. The molecule has 1 aliphatic heterocycles. The van der Waals surface area contributed by atoms with Crippen LogP contribution in [0.1, 0.15) is 18.9 Å². The Kier molecular flexibility index (Phi) is 4.47. The Morgan fingerprint density at radius 3 is 2.38 bits per heavy atom. The van der Waals surface area contributed by atoms with Gasteiger partial charge in [0.2, 0.25) is 17.2 Å². The number of rotatable bonds is 3. The van der Waals surface area contributed by atoms with Gasteiger partial charge in [-0.15, -0.1) is 0 Å². The lowest BCUT2D eigenvalue weighted by atomic mass is 9.92. The molecule has 0 radical (unpaired) electrons. The Morgan fingerprint density at radius 1 is 1.25 bits per heavy atom. The van der Waals surface area contributed by atoms with Crippen molar-refractivity contribution in [1.82, 2.24) is 0 Å². The number of hydrogen-bond acceptors (Lipinski definition) is 4. The molecule has 24 heavy (non-hydrogen) atoms. The molecule has 1 heterocycles. The Hall–Kier alpha value is -2.32. The van der Waals surface area contributed by atoms with Crippen molar-refractivity contribution in [2.75, 3.05) is 14.2 Å². The van der Waals surface area contributed by atoms with Crippen LogP contribution in [0.15, 0.2) is 17.9 Å². The highest BCUT2D eigenvalue weighted by Crippen LogP contribution is 2.50. The summed E-state index contributed by atoms with van der Waals surface area (Å²) in [7, 11) is 1.99. The fraction of sp³-hybridized carbons (Fsp3) is 0.400. The third-order valence-electron chi connectivity index (χ3n) is 3.67. The van der Waals surface area contributed by atoms with E-state index in [0.717, 1.165) is 33.3 Å². The van der Waals surface area contributed by atoms with Crippen molar-refractivity contribution in [3.05, 3.63) is 35.1 Å². The summed E-state index contributed by atoms with van der Waals surface area (Å²) in [6.07, 6.45) is -5.60. The first-order valence-electron chi connectivity index (χ1n) is 6.65. The number of benzene rings is 1. The van der Waals surface area contributed by atoms with E-state index in [1.807, 2.05) is 0 Å². The molecule has 0 spiro atoms. The Balaban J connectivity index is 2.65. The maximum Gasteiger partial charge on any atom is 0.428 e. The number of carbonyl (C=O) groups excluding carboxylic acids is 1. The van der Waals surface area contributed by atoms with E-state index in [9.17, 15) is 26.7 Å². The van der Waals surface area contributed by atoms with Gasteiger partial charge in [-0.1, -0.05) is 0 Å². The standard InChI is InChI=1S/C15H13F5O4/c1-14(15(18,19)20)6-8(12(24-14)13(21)23-3)7-4-5-9(16)10(17)11(7)22-2/h4-5H,6H2,1-3H3. The van der Waals surface area contributed by atoms with Crippen LogP contribution in [0, 0.1) is 11.6 Å². The van der Waals surface area contributed by atoms with Crippen molar-refractivity contribution in [2.24, 2.45) is 0 Å². The first kappa shape index (κ1) is 18.0. The van der Waals surface area contributed by atoms with Crippen LogP contribution in [-0.4, -0.2) is 32.0 Å². The van der Waals surface area contributed by atoms with E-state index in [4.69, 9.17) is 9.47 Å². The van der Waals surface area contributed by atoms with Gasteiger partial charge in [0.25, 0.3) is 0 Å². The summed E-state index contributed by atoms with van der Waals surface area (Å²) in [5, 5.41) is 0. The van der Waals surface area contributed by atoms with Crippen LogP contribution in [0.2, 0.25) is 0 Å². The van der Waals surface area contributed by atoms with Gasteiger partial charge >= 0.3 is 12.1 Å². The quantitative estimate of drug-likeness (QED) is 0.616. The zero-order valence-electron chi connectivity index (χ0n) is 12.9. The van der Waals surface area contributed by atoms with Crippen LogP contribution in [0.25, 0.3) is 5.57 Å². The fourth-order valence-corrected chi connectivity index (χ4v) is 2.34. The van der Waals surface area contributed by atoms with E-state index in [0.29, 0.717) is 0 Å². The van der Waals surface area contributed by atoms with E-state index in [1.54, 1.807) is 0 Å². The van der Waals surface area contributed by atoms with E-state index in [2.05, 4.69) is 4.74 Å². The molecule has 1 atom stereocenters. The predicted octanol–water partition coefficient (Wildman–Crippen LogP) is 3.60. The van der Waals surface area contributed by atoms with Crippen LogP contribution in [0.4, 0.5) is 22.0 Å². The molecule has 1 unspecified atom stereocenters. The molecule has 0 aliphatic carbocycles. The summed E-state index contributed by atoms with van der Waals surface area (Å²) in [5.41, 5.74) is -3.20. The minimum absolute atomic E-state index is 0.218. The van der Waals surface area contributed by atoms with Gasteiger partial charge in [-0.05, 0) is 19.1 Å². The van der Waals surface area contributed by atoms with Gasteiger partial charge in [-0.25, -0.2) is 9.18 Å². The van der Waals surface area contributed by atoms with Gasteiger partial charge < -0.3 is 14.2 Å². The molecule has 9 heteroatoms. The topological polar surface area (TPSA) is 44.8 Å². The summed E-state index contributed by atoms with van der Waals surface area (Å²) >= 11 is 0. The van der Waals surface area contributed by atoms with Crippen LogP contribution in [-0.2, 0) is 14.3 Å². The van der Waals surface area contributed by atoms with Crippen LogP contribution < -0.4 is 4.74 Å². The summed E-state index contributed by atoms with van der Waals surface area (Å²) in [6, 6.07) is 1.74. The summed E-state index contributed by atoms with van der Waals surface area (Å²) in [5.74, 6) is -5.13. The second kappa shape index (κ2) is 5.95. The zero-order chi connectivity index (χ0) is 18.3. The largest absolute Gasteiger partial charge is 0.493 e. The first-order valence-corrected chi connectivity index (χ1v) is 6.65. The van der Waals surface area contributed by atoms with Gasteiger partial charge in [0, 0.05) is 17.6 Å². The number of halogens is 5. The molecule has 1 aromatic rings. The van der Waals surface area contributed by atoms with Gasteiger partial charge in [0.05, 0.1) is 14.2 Å². The molecule has 1 aromatic carbocycles. The van der Waals surface area contributed by atoms with Crippen molar-refractivity contribution in [1.29, 1.82) is 0 Å². The summed E-state index contributed by atoms with van der Waals surface area (Å²) < 4.78 is 80.8. The van der Waals surface area contributed by atoms with E-state index in [1.165, 1.54) is 0 Å². The highest BCUT2D eigenvalue weighted by Gasteiger charge is 2.58. The molecule has 0 amide bonds. The predicted molar refractivity (Wildman–Crippen MR) is 72.0 cm³/mol. The number of hydrogen-bond donors (Lipinski definition) is 0. The number of ether oxygens (including phenoxy) is 3. The minimum Gasteiger partial charge on any atom is -0.493 e. The van der Waals surface area contributed by atoms with Crippen LogP contribution >= 0.6 is 0 Å². The van der Waals surface area contributed by atoms with Gasteiger partial charge in [-0.2, -0.15) is 17.6 Å². The smallest absolute Gasteiger partial charge is 0.428 e. The van der Waals surface area contributed by atoms with Crippen molar-refractivity contribution in [3.63, 3.8) is 0 Å². The van der Waals surface area contributed by atoms with E-state index < -0.39 is 47.3 Å². The van der Waals surface area contributed by atoms with Gasteiger partial charge in [0.15, 0.2) is 11.6 Å². The molecule has 2 rings (SSSR count). The van der Waals surface area contributed by atoms with Crippen molar-refractivity contribution in [3.8, 4) is 5.75 Å². The number of carbonyl (C=O) groups is 1. The second-order valence-corrected chi connectivity index (χ2v) is 5.25. The number of methoxy groups -OCH3 is 2. The van der Waals surface area contributed by atoms with Crippen molar-refractivity contribution >= 4 is 11.5 Å². The van der Waals surface area contributed by atoms with Gasteiger partial charge in [-0.3, -0.25) is 0 Å². The highest BCUT2D eigenvalue weighted by atomic mass is 19.4. The molecule has 0 aromatic heterocycles. The molecular weight excluding hydrogens is 339 g/mol. The Morgan fingerprint density at radius 2 is 1.88 bits per heavy atom. The average Bonchev–Trinajstić information content (AvgIpc) is 2.88. The normalized spacial score (nSPS) is 20.8. The monoisotopic (exact) mass is 352 g/mol. The highest BCUT2D eigenvalue weighted by molar-refractivity contribution is 5.97. The summed E-state index contributed by atoms with van der Waals surface area (Å²) in [6.45, 7) is 0.745. The average molecular weight is 352 g/mol. The molecule has 4 nitrogen and oxygen atoms in total. The second-order valence-electron chi connectivity index (χ2n) is 5.25. The molecule has 0 saturated carbocycles. The molecule has 0 bridgehead atoms. The van der Waals surface area contributed by atoms with E-state index in [-0.39, 0.29) is 11.1 Å². The number of esters is 1. The fourth-order valence-electron chi connectivity index (χ4n) is 2.34. The van der Waals surface area contributed by atoms with E-state index >= 15 is 0 Å². The molecule has 0 saturated heterocycles. The van der Waals surface area contributed by atoms with Gasteiger partial charge in [0.1, 0.15) is 0 Å². The van der Waals surface area contributed by atoms with Crippen molar-refractivity contribution < 1.29 is 41.0 Å². The van der Waals surface area contributed by atoms with Crippen LogP contribution in [0.3, 0.4) is 0 Å². The third-order valence-corrected chi connectivity index (χ3v) is 3.67. The molecule has 1 aliphatic rings. The first-order chi connectivity index (χ1) is 11.1. The lowest BCUT2D eigenvalue weighted by Gasteiger charge is -2.27. The van der Waals surface area contributed by atoms with Crippen molar-refractivity contribution in [2.45, 2.75) is 25.1 Å². The van der Waals surface area contributed by atoms with Crippen LogP contribution in [0.5, 0.6) is 5.75 Å². The molecule has 132 valence electrons.